The first-order chi connectivity index (χ1) is 42.4. The highest BCUT2D eigenvalue weighted by atomic mass is 16.6. The lowest BCUT2D eigenvalue weighted by molar-refractivity contribution is 0.0220. The van der Waals surface area contributed by atoms with Crippen molar-refractivity contribution in [2.24, 2.45) is 0 Å². The quantitative estimate of drug-likeness (QED) is 0.0211. The van der Waals surface area contributed by atoms with Gasteiger partial charge in [0.05, 0.1) is 0 Å². The SMILES string of the molecule is CC(C)(C)OC(=O)NCCCCCN(CCNCCNC(=O)OC(C)(C)C)CCN(CCCCCNC(=O)OC(C)(C)C)CCN(CCNCCN(CCNC(=O)OC(C)(C)C)CCNC(=O)OC(C)(C)C)CCN(CCNC(=O)OC(C)(C)C)C(=O)OC(C)(C)C. The van der Waals surface area contributed by atoms with E-state index in [1.807, 2.05) is 125 Å². The second-order valence-electron chi connectivity index (χ2n) is 30.0. The van der Waals surface area contributed by atoms with Crippen LogP contribution in [0.15, 0.2) is 0 Å². The summed E-state index contributed by atoms with van der Waals surface area (Å²) in [5, 5.41) is 24.1. The van der Waals surface area contributed by atoms with Crippen LogP contribution in [0.1, 0.15) is 184 Å². The molecule has 27 nitrogen and oxygen atoms in total. The Kier molecular flexibility index (Phi) is 41.8. The molecule has 0 heterocycles. The standard InChI is InChI=1S/C65H131N13O14/c1-59(2,3)86-52(79)68-28-24-22-26-38-74(40-32-66-30-31-70-54(81)88-61(7,8)9)46-47-75(39-27-23-25-29-69-53(80)87-60(4,5)6)48-49-77(50-51-78(58(85)92-65(19,20)21)45-37-73-57(84)91-64(16,17)18)42-34-67-33-41-76(43-35-71-55(82)89-62(10,11)12)44-36-72-56(83)90-63(13,14)15/h66-67H,22-51H2,1-21H3,(H,68,79)(H,69,80)(H,70,81)(H,71,82)(H,72,83)(H,73,84). The molecule has 0 aromatic carbocycles. The molecule has 0 fully saturated rings. The molecule has 0 aromatic heterocycles. The molecule has 0 rings (SSSR count). The summed E-state index contributed by atoms with van der Waals surface area (Å²) in [5.41, 5.74) is -4.54. The van der Waals surface area contributed by atoms with E-state index in [1.165, 1.54) is 0 Å². The molecular formula is C65H131N13O14. The van der Waals surface area contributed by atoms with E-state index < -0.39 is 81.9 Å². The van der Waals surface area contributed by atoms with Crippen molar-refractivity contribution in [3.8, 4) is 0 Å². The van der Waals surface area contributed by atoms with Crippen LogP contribution in [-0.4, -0.2) is 263 Å². The molecule has 0 saturated heterocycles. The number of hydrogen-bond acceptors (Lipinski definition) is 20. The highest BCUT2D eigenvalue weighted by Gasteiger charge is 2.26. The molecular weight excluding hydrogens is 1190 g/mol. The van der Waals surface area contributed by atoms with Crippen molar-refractivity contribution in [1.82, 2.24) is 67.0 Å². The van der Waals surface area contributed by atoms with Gasteiger partial charge in [-0.3, -0.25) is 9.80 Å². The first kappa shape index (κ1) is 86.6. The number of ether oxygens (including phenoxy) is 7. The Hall–Kier alpha value is -5.35. The number of unbranched alkanes of at least 4 members (excludes halogenated alkanes) is 4. The van der Waals surface area contributed by atoms with Crippen LogP contribution in [0.4, 0.5) is 33.6 Å². The van der Waals surface area contributed by atoms with Gasteiger partial charge in [-0.05, 0) is 184 Å². The summed E-state index contributed by atoms with van der Waals surface area (Å²) >= 11 is 0. The summed E-state index contributed by atoms with van der Waals surface area (Å²) in [6.45, 7) is 51.3. The van der Waals surface area contributed by atoms with E-state index in [2.05, 4.69) is 62.1 Å². The molecule has 0 atom stereocenters. The van der Waals surface area contributed by atoms with E-state index in [0.29, 0.717) is 111 Å². The van der Waals surface area contributed by atoms with Gasteiger partial charge in [-0.15, -0.1) is 0 Å². The lowest BCUT2D eigenvalue weighted by atomic mass is 10.2. The first-order valence-corrected chi connectivity index (χ1v) is 33.5. The predicted molar refractivity (Wildman–Crippen MR) is 362 cm³/mol. The number of carbonyl (C=O) groups excluding carboxylic acids is 7. The lowest BCUT2D eigenvalue weighted by Gasteiger charge is -2.32. The molecule has 7 amide bonds. The topological polar surface area (TPSA) is 297 Å². The fourth-order valence-electron chi connectivity index (χ4n) is 8.47. The maximum absolute atomic E-state index is 13.9. The van der Waals surface area contributed by atoms with Gasteiger partial charge in [-0.1, -0.05) is 12.8 Å². The minimum absolute atomic E-state index is 0.145. The number of amides is 7. The van der Waals surface area contributed by atoms with Gasteiger partial charge in [0, 0.05) is 144 Å². The van der Waals surface area contributed by atoms with E-state index >= 15 is 0 Å². The van der Waals surface area contributed by atoms with Gasteiger partial charge in [-0.2, -0.15) is 0 Å². The Bertz CT molecular complexity index is 2000. The van der Waals surface area contributed by atoms with Gasteiger partial charge < -0.3 is 90.4 Å². The molecule has 0 aliphatic rings. The minimum Gasteiger partial charge on any atom is -0.444 e. The summed E-state index contributed by atoms with van der Waals surface area (Å²) in [6, 6.07) is 0. The molecule has 92 heavy (non-hydrogen) atoms. The van der Waals surface area contributed by atoms with Crippen molar-refractivity contribution < 1.29 is 66.7 Å². The molecule has 0 aromatic rings. The van der Waals surface area contributed by atoms with Crippen LogP contribution in [0.2, 0.25) is 0 Å². The second-order valence-corrected chi connectivity index (χ2v) is 30.0. The van der Waals surface area contributed by atoms with Gasteiger partial charge in [0.15, 0.2) is 0 Å². The predicted octanol–water partition coefficient (Wildman–Crippen LogP) is 8.10. The average molecular weight is 1320 g/mol. The molecule has 8 N–H and O–H groups in total. The highest BCUT2D eigenvalue weighted by Crippen LogP contribution is 2.14. The molecule has 0 saturated carbocycles. The fourth-order valence-corrected chi connectivity index (χ4v) is 8.47. The normalized spacial score (nSPS) is 12.5. The Morgan fingerprint density at radius 1 is 0.228 bits per heavy atom. The lowest BCUT2D eigenvalue weighted by Crippen LogP contribution is -2.48. The maximum Gasteiger partial charge on any atom is 0.410 e. The fraction of sp³-hybridized carbons (Fsp3) is 0.892. The largest absolute Gasteiger partial charge is 0.444 e. The zero-order chi connectivity index (χ0) is 70.2. The Morgan fingerprint density at radius 2 is 0.467 bits per heavy atom. The third kappa shape index (κ3) is 57.3. The first-order valence-electron chi connectivity index (χ1n) is 33.5. The molecule has 0 spiro atoms. The third-order valence-corrected chi connectivity index (χ3v) is 12.5. The number of carbonyl (C=O) groups is 7. The van der Waals surface area contributed by atoms with Crippen LogP contribution in [0.3, 0.4) is 0 Å². The summed E-state index contributed by atoms with van der Waals surface area (Å²) in [4.78, 5) is 99.8. The van der Waals surface area contributed by atoms with E-state index in [0.717, 1.165) is 71.2 Å². The number of nitrogens with one attached hydrogen (secondary N) is 8. The summed E-state index contributed by atoms with van der Waals surface area (Å²) < 4.78 is 38.6. The molecule has 0 unspecified atom stereocenters. The van der Waals surface area contributed by atoms with Gasteiger partial charge in [-0.25, -0.2) is 33.6 Å². The van der Waals surface area contributed by atoms with Crippen molar-refractivity contribution >= 4 is 42.7 Å². The maximum atomic E-state index is 13.9. The summed E-state index contributed by atoms with van der Waals surface area (Å²) in [6.07, 6.45) is 1.69. The second kappa shape index (κ2) is 44.3. The number of rotatable bonds is 42. The molecule has 0 aliphatic heterocycles. The Labute approximate surface area is 554 Å². The zero-order valence-corrected chi connectivity index (χ0v) is 61.2. The average Bonchev–Trinajstić information content (AvgIpc) is 1.47. The minimum atomic E-state index is -0.767. The molecule has 27 heteroatoms. The monoisotopic (exact) mass is 1320 g/mol. The van der Waals surface area contributed by atoms with Gasteiger partial charge >= 0.3 is 42.7 Å². The number of alkyl carbamates (subject to hydrolysis) is 6. The van der Waals surface area contributed by atoms with Crippen LogP contribution >= 0.6 is 0 Å². The van der Waals surface area contributed by atoms with Gasteiger partial charge in [0.1, 0.15) is 39.2 Å². The smallest absolute Gasteiger partial charge is 0.410 e. The van der Waals surface area contributed by atoms with Crippen molar-refractivity contribution in [2.75, 3.05) is 157 Å². The van der Waals surface area contributed by atoms with Crippen molar-refractivity contribution in [3.63, 3.8) is 0 Å². The molecule has 0 aliphatic carbocycles. The van der Waals surface area contributed by atoms with E-state index in [9.17, 15) is 33.6 Å². The highest BCUT2D eigenvalue weighted by molar-refractivity contribution is 5.70. The number of hydrogen-bond donors (Lipinski definition) is 8. The van der Waals surface area contributed by atoms with E-state index in [1.54, 1.807) is 25.7 Å². The van der Waals surface area contributed by atoms with Gasteiger partial charge in [0.2, 0.25) is 0 Å². The third-order valence-electron chi connectivity index (χ3n) is 12.5. The van der Waals surface area contributed by atoms with E-state index in [-0.39, 0.29) is 13.1 Å². The molecule has 540 valence electrons. The Morgan fingerprint density at radius 3 is 0.793 bits per heavy atom. The summed E-state index contributed by atoms with van der Waals surface area (Å²) in [7, 11) is 0. The van der Waals surface area contributed by atoms with Crippen LogP contribution in [0.25, 0.3) is 0 Å². The van der Waals surface area contributed by atoms with Crippen LogP contribution < -0.4 is 42.5 Å². The number of nitrogens with zero attached hydrogens (tertiary/aromatic N) is 5. The van der Waals surface area contributed by atoms with Crippen molar-refractivity contribution in [3.05, 3.63) is 0 Å². The summed E-state index contributed by atoms with van der Waals surface area (Å²) in [5.74, 6) is 0. The van der Waals surface area contributed by atoms with Crippen molar-refractivity contribution in [2.45, 2.75) is 223 Å². The van der Waals surface area contributed by atoms with Gasteiger partial charge in [0.25, 0.3) is 0 Å². The van der Waals surface area contributed by atoms with Crippen LogP contribution in [0.5, 0.6) is 0 Å². The van der Waals surface area contributed by atoms with Crippen LogP contribution in [0, 0.1) is 0 Å². The van der Waals surface area contributed by atoms with E-state index in [4.69, 9.17) is 33.2 Å². The van der Waals surface area contributed by atoms with Crippen molar-refractivity contribution in [1.29, 1.82) is 0 Å². The molecule has 0 bridgehead atoms. The Balaban J connectivity index is 6.85. The van der Waals surface area contributed by atoms with Crippen LogP contribution in [-0.2, 0) is 33.2 Å². The molecule has 0 radical (unpaired) electrons. The zero-order valence-electron chi connectivity index (χ0n) is 61.2.